The number of benzene rings is 1. The van der Waals surface area contributed by atoms with E-state index in [0.29, 0.717) is 31.0 Å². The molecule has 0 atom stereocenters. The number of piperidine rings is 1. The lowest BCUT2D eigenvalue weighted by molar-refractivity contribution is -0.384. The van der Waals surface area contributed by atoms with E-state index in [2.05, 4.69) is 13.8 Å². The van der Waals surface area contributed by atoms with Crippen molar-refractivity contribution in [2.45, 2.75) is 38.0 Å². The number of hydrogen-bond donors (Lipinski definition) is 0. The van der Waals surface area contributed by atoms with Crippen LogP contribution in [0.25, 0.3) is 0 Å². The van der Waals surface area contributed by atoms with E-state index >= 15 is 0 Å². The van der Waals surface area contributed by atoms with E-state index in [9.17, 15) is 19.7 Å². The summed E-state index contributed by atoms with van der Waals surface area (Å²) in [6, 6.07) is 5.73. The second-order valence-corrected chi connectivity index (χ2v) is 8.99. The molecule has 146 valence electrons. The zero-order valence-corrected chi connectivity index (χ0v) is 16.5. The van der Waals surface area contributed by atoms with Gasteiger partial charge in [-0.25, -0.2) is 0 Å². The summed E-state index contributed by atoms with van der Waals surface area (Å²) >= 11 is 1.84. The average molecular weight is 391 g/mol. The Balaban J connectivity index is 1.64. The van der Waals surface area contributed by atoms with Gasteiger partial charge in [-0.3, -0.25) is 19.7 Å². The molecule has 2 amide bonds. The van der Waals surface area contributed by atoms with Crippen LogP contribution < -0.4 is 0 Å². The SMILES string of the molecule is CC(C)CC(=O)N1CCSC12CCN(C(=O)c1ccc([N+](=O)[O-])cc1)CC2. The van der Waals surface area contributed by atoms with Crippen LogP contribution in [0.1, 0.15) is 43.5 Å². The first-order valence-electron chi connectivity index (χ1n) is 9.30. The molecule has 0 saturated carbocycles. The Bertz CT molecular complexity index is 727. The Hall–Kier alpha value is -2.09. The van der Waals surface area contributed by atoms with E-state index in [-0.39, 0.29) is 22.4 Å². The topological polar surface area (TPSA) is 83.8 Å². The summed E-state index contributed by atoms with van der Waals surface area (Å²) in [5.74, 6) is 1.39. The fourth-order valence-corrected chi connectivity index (χ4v) is 5.28. The Kier molecular flexibility index (Phi) is 5.74. The first kappa shape index (κ1) is 19.7. The van der Waals surface area contributed by atoms with Gasteiger partial charge in [0.25, 0.3) is 11.6 Å². The molecule has 0 radical (unpaired) electrons. The minimum absolute atomic E-state index is 0.0224. The van der Waals surface area contributed by atoms with Crippen molar-refractivity contribution in [1.82, 2.24) is 9.80 Å². The van der Waals surface area contributed by atoms with E-state index in [1.54, 1.807) is 4.90 Å². The van der Waals surface area contributed by atoms with Crippen LogP contribution in [-0.2, 0) is 4.79 Å². The van der Waals surface area contributed by atoms with Crippen LogP contribution in [0, 0.1) is 16.0 Å². The van der Waals surface area contributed by atoms with Gasteiger partial charge >= 0.3 is 0 Å². The van der Waals surface area contributed by atoms with Crippen molar-refractivity contribution in [1.29, 1.82) is 0 Å². The molecule has 0 aromatic heterocycles. The van der Waals surface area contributed by atoms with Crippen LogP contribution in [0.3, 0.4) is 0 Å². The maximum atomic E-state index is 12.7. The number of non-ortho nitro benzene ring substituents is 1. The summed E-state index contributed by atoms with van der Waals surface area (Å²) in [5.41, 5.74) is 0.439. The third-order valence-electron chi connectivity index (χ3n) is 5.22. The molecule has 1 spiro atoms. The summed E-state index contributed by atoms with van der Waals surface area (Å²) in [6.45, 7) is 6.08. The number of hydrogen-bond acceptors (Lipinski definition) is 5. The van der Waals surface area contributed by atoms with E-state index in [0.717, 1.165) is 25.1 Å². The first-order chi connectivity index (χ1) is 12.8. The lowest BCUT2D eigenvalue weighted by atomic mass is 9.99. The normalized spacial score (nSPS) is 18.9. The third-order valence-corrected chi connectivity index (χ3v) is 6.77. The average Bonchev–Trinajstić information content (AvgIpc) is 3.04. The molecule has 2 aliphatic heterocycles. The fourth-order valence-electron chi connectivity index (χ4n) is 3.80. The molecule has 1 aromatic carbocycles. The number of carbonyl (C=O) groups is 2. The van der Waals surface area contributed by atoms with Crippen LogP contribution in [0.2, 0.25) is 0 Å². The second kappa shape index (κ2) is 7.88. The molecule has 0 unspecified atom stereocenters. The van der Waals surface area contributed by atoms with Gasteiger partial charge in [0.15, 0.2) is 0 Å². The van der Waals surface area contributed by atoms with E-state index in [4.69, 9.17) is 0 Å². The number of likely N-dealkylation sites (tertiary alicyclic amines) is 1. The van der Waals surface area contributed by atoms with Crippen LogP contribution in [0.15, 0.2) is 24.3 Å². The smallest absolute Gasteiger partial charge is 0.269 e. The monoisotopic (exact) mass is 391 g/mol. The Labute approximate surface area is 163 Å². The molecule has 2 fully saturated rings. The fraction of sp³-hybridized carbons (Fsp3) is 0.579. The van der Waals surface area contributed by atoms with E-state index in [1.165, 1.54) is 24.3 Å². The highest BCUT2D eigenvalue weighted by Crippen LogP contribution is 2.44. The predicted molar refractivity (Wildman–Crippen MR) is 105 cm³/mol. The van der Waals surface area contributed by atoms with E-state index in [1.807, 2.05) is 16.7 Å². The van der Waals surface area contributed by atoms with Gasteiger partial charge in [0.1, 0.15) is 0 Å². The van der Waals surface area contributed by atoms with Gasteiger partial charge in [0.2, 0.25) is 5.91 Å². The third kappa shape index (κ3) is 4.10. The van der Waals surface area contributed by atoms with Crippen molar-refractivity contribution in [3.63, 3.8) is 0 Å². The molecular weight excluding hydrogens is 366 g/mol. The number of nitro groups is 1. The molecular formula is C19H25N3O4S. The summed E-state index contributed by atoms with van der Waals surface area (Å²) in [6.07, 6.45) is 2.09. The van der Waals surface area contributed by atoms with Gasteiger partial charge in [-0.05, 0) is 30.9 Å². The maximum Gasteiger partial charge on any atom is 0.269 e. The molecule has 3 rings (SSSR count). The second-order valence-electron chi connectivity index (χ2n) is 7.53. The minimum atomic E-state index is -0.473. The standard InChI is InChI=1S/C19H25N3O4S/c1-14(2)13-17(23)21-11-12-27-19(21)7-9-20(10-8-19)18(24)15-3-5-16(6-4-15)22(25)26/h3-6,14H,7-13H2,1-2H3. The zero-order chi connectivity index (χ0) is 19.6. The highest BCUT2D eigenvalue weighted by atomic mass is 32.2. The van der Waals surface area contributed by atoms with Gasteiger partial charge in [-0.2, -0.15) is 0 Å². The summed E-state index contributed by atoms with van der Waals surface area (Å²) in [7, 11) is 0. The predicted octanol–water partition coefficient (Wildman–Crippen LogP) is 3.15. The van der Waals surface area contributed by atoms with Gasteiger partial charge < -0.3 is 9.80 Å². The molecule has 27 heavy (non-hydrogen) atoms. The highest BCUT2D eigenvalue weighted by Gasteiger charge is 2.46. The largest absolute Gasteiger partial charge is 0.338 e. The molecule has 1 aromatic rings. The number of thioether (sulfide) groups is 1. The Morgan fingerprint density at radius 2 is 1.81 bits per heavy atom. The number of amides is 2. The van der Waals surface area contributed by atoms with Gasteiger partial charge in [0.05, 0.1) is 9.79 Å². The molecule has 8 heteroatoms. The van der Waals surface area contributed by atoms with Crippen LogP contribution in [-0.4, -0.2) is 56.8 Å². The van der Waals surface area contributed by atoms with Crippen LogP contribution in [0.4, 0.5) is 5.69 Å². The number of nitrogens with zero attached hydrogens (tertiary/aromatic N) is 3. The first-order valence-corrected chi connectivity index (χ1v) is 10.3. The molecule has 2 aliphatic rings. The molecule has 7 nitrogen and oxygen atoms in total. The van der Waals surface area contributed by atoms with E-state index < -0.39 is 4.92 Å². The summed E-state index contributed by atoms with van der Waals surface area (Å²) in [5, 5.41) is 10.8. The maximum absolute atomic E-state index is 12.7. The number of nitro benzene ring substituents is 1. The van der Waals surface area contributed by atoms with Gasteiger partial charge in [0, 0.05) is 49.5 Å². The lowest BCUT2D eigenvalue weighted by Crippen LogP contribution is -2.53. The Morgan fingerprint density at radius 1 is 1.19 bits per heavy atom. The van der Waals surface area contributed by atoms with Crippen molar-refractivity contribution in [3.05, 3.63) is 39.9 Å². The van der Waals surface area contributed by atoms with Crippen molar-refractivity contribution in [2.75, 3.05) is 25.4 Å². The lowest BCUT2D eigenvalue weighted by Gasteiger charge is -2.44. The highest BCUT2D eigenvalue weighted by molar-refractivity contribution is 8.00. The summed E-state index contributed by atoms with van der Waals surface area (Å²) < 4.78 is 0. The van der Waals surface area contributed by atoms with Crippen molar-refractivity contribution in [3.8, 4) is 0 Å². The quantitative estimate of drug-likeness (QED) is 0.581. The van der Waals surface area contributed by atoms with Crippen LogP contribution >= 0.6 is 11.8 Å². The van der Waals surface area contributed by atoms with Gasteiger partial charge in [-0.1, -0.05) is 13.8 Å². The van der Waals surface area contributed by atoms with Crippen LogP contribution in [0.5, 0.6) is 0 Å². The Morgan fingerprint density at radius 3 is 2.37 bits per heavy atom. The van der Waals surface area contributed by atoms with Gasteiger partial charge in [-0.15, -0.1) is 11.8 Å². The molecule has 0 N–H and O–H groups in total. The molecule has 2 heterocycles. The summed E-state index contributed by atoms with van der Waals surface area (Å²) in [4.78, 5) is 39.3. The molecule has 0 bridgehead atoms. The van der Waals surface area contributed by atoms with Crippen molar-refractivity contribution in [2.24, 2.45) is 5.92 Å². The molecule has 0 aliphatic carbocycles. The zero-order valence-electron chi connectivity index (χ0n) is 15.7. The van der Waals surface area contributed by atoms with Crippen molar-refractivity contribution >= 4 is 29.3 Å². The number of rotatable bonds is 4. The minimum Gasteiger partial charge on any atom is -0.338 e. The van der Waals surface area contributed by atoms with Crippen molar-refractivity contribution < 1.29 is 14.5 Å². The molecule has 2 saturated heterocycles. The number of carbonyl (C=O) groups excluding carboxylic acids is 2.